The summed E-state index contributed by atoms with van der Waals surface area (Å²) in [6.07, 6.45) is 1.50. The molecule has 0 aliphatic heterocycles. The fourth-order valence-electron chi connectivity index (χ4n) is 0. The first-order chi connectivity index (χ1) is 1.41. The molecule has 1 radical (unpaired) electrons. The third-order valence-electron chi connectivity index (χ3n) is 0. The molecule has 0 atom stereocenters. The standard InChI is InChI=1S/C2H3O.Ho/c1-2-3;/h1H3;/q-1;. The molecule has 0 bridgehead atoms. The second-order valence-electron chi connectivity index (χ2n) is 0.204. The summed E-state index contributed by atoms with van der Waals surface area (Å²) in [5, 5.41) is 0. The number of hydrogen-bond acceptors (Lipinski definition) is 1. The number of rotatable bonds is 0. The van der Waals surface area contributed by atoms with Crippen molar-refractivity contribution in [2.45, 2.75) is 6.92 Å². The molecule has 1 nitrogen and oxygen atoms in total. The quantitative estimate of drug-likeness (QED) is 0.408. The van der Waals surface area contributed by atoms with E-state index in [9.17, 15) is 0 Å². The molecule has 0 amide bonds. The molecule has 0 aliphatic rings. The minimum absolute atomic E-state index is 0. The van der Waals surface area contributed by atoms with Crippen LogP contribution in [0.1, 0.15) is 6.92 Å². The molecule has 0 rings (SSSR count). The molecule has 0 unspecified atom stereocenters. The Balaban J connectivity index is 0. The van der Waals surface area contributed by atoms with E-state index in [1.807, 2.05) is 0 Å². The third kappa shape index (κ3) is 12.6. The normalized spacial score (nSPS) is 3.25. The van der Waals surface area contributed by atoms with Crippen LogP contribution in [0.5, 0.6) is 0 Å². The van der Waals surface area contributed by atoms with Crippen LogP contribution >= 0.6 is 0 Å². The van der Waals surface area contributed by atoms with Crippen LogP contribution in [0.15, 0.2) is 0 Å². The molecule has 0 heterocycles. The molecule has 29 valence electrons. The van der Waals surface area contributed by atoms with Crippen LogP contribution in [0.3, 0.4) is 0 Å². The van der Waals surface area contributed by atoms with Gasteiger partial charge in [0.15, 0.2) is 0 Å². The van der Waals surface area contributed by atoms with Crippen LogP contribution in [-0.2, 0) is 4.79 Å². The van der Waals surface area contributed by atoms with Gasteiger partial charge in [-0.2, -0.15) is 6.92 Å². The second-order valence-corrected chi connectivity index (χ2v) is 0.204. The van der Waals surface area contributed by atoms with Gasteiger partial charge in [-0.3, -0.25) is 6.29 Å². The smallest absolute Gasteiger partial charge is 0 e. The SMILES string of the molecule is C[C-]=O.[Ho]. The van der Waals surface area contributed by atoms with Crippen LogP contribution < -0.4 is 0 Å². The minimum atomic E-state index is 0. The summed E-state index contributed by atoms with van der Waals surface area (Å²) in [6.45, 7) is 1.32. The average Bonchev–Trinajstić information content (AvgIpc) is 0.918. The predicted octanol–water partition coefficient (Wildman–Crippen LogP) is 0.116. The van der Waals surface area contributed by atoms with E-state index < -0.39 is 0 Å². The van der Waals surface area contributed by atoms with E-state index in [-0.39, 0.29) is 37.7 Å². The Labute approximate surface area is 55.4 Å². The summed E-state index contributed by atoms with van der Waals surface area (Å²) in [7, 11) is 0. The van der Waals surface area contributed by atoms with Crippen LogP contribution in [0.2, 0.25) is 0 Å². The molecule has 0 fully saturated rings. The molecular weight excluding hydrogens is 205 g/mol. The van der Waals surface area contributed by atoms with E-state index in [2.05, 4.69) is 0 Å². The van der Waals surface area contributed by atoms with Gasteiger partial charge in [0.05, 0.1) is 0 Å². The summed E-state index contributed by atoms with van der Waals surface area (Å²) in [6, 6.07) is 0. The van der Waals surface area contributed by atoms with E-state index in [1.165, 1.54) is 13.2 Å². The van der Waals surface area contributed by atoms with Crippen molar-refractivity contribution in [2.75, 3.05) is 0 Å². The van der Waals surface area contributed by atoms with E-state index in [4.69, 9.17) is 4.79 Å². The Hall–Kier alpha value is 0.930. The Morgan fingerprint density at radius 2 is 1.75 bits per heavy atom. The first-order valence-electron chi connectivity index (χ1n) is 0.704. The predicted molar refractivity (Wildman–Crippen MR) is 11.4 cm³/mol. The summed E-state index contributed by atoms with van der Waals surface area (Å²) in [4.78, 5) is 8.68. The monoisotopic (exact) mass is 208 g/mol. The van der Waals surface area contributed by atoms with Gasteiger partial charge in [0.2, 0.25) is 0 Å². The Morgan fingerprint density at radius 3 is 1.75 bits per heavy atom. The molecule has 2 heteroatoms. The fraction of sp³-hybridized carbons (Fsp3) is 0.500. The van der Waals surface area contributed by atoms with Crippen molar-refractivity contribution >= 4 is 6.29 Å². The largest absolute Gasteiger partial charge is 0.542 e. The Morgan fingerprint density at radius 1 is 1.75 bits per heavy atom. The Kier molecular flexibility index (Phi) is 20.1. The van der Waals surface area contributed by atoms with Crippen molar-refractivity contribution in [3.05, 3.63) is 0 Å². The van der Waals surface area contributed by atoms with E-state index in [1.54, 1.807) is 0 Å². The summed E-state index contributed by atoms with van der Waals surface area (Å²) < 4.78 is 0. The van der Waals surface area contributed by atoms with Crippen LogP contribution in [-0.4, -0.2) is 6.29 Å². The van der Waals surface area contributed by atoms with Gasteiger partial charge < -0.3 is 4.79 Å². The summed E-state index contributed by atoms with van der Waals surface area (Å²) in [5.74, 6) is 0. The van der Waals surface area contributed by atoms with Gasteiger partial charge in [0, 0.05) is 37.7 Å². The zero-order valence-corrected chi connectivity index (χ0v) is 4.14. The molecule has 0 N–H and O–H groups in total. The zero-order valence-electron chi connectivity index (χ0n) is 2.21. The second kappa shape index (κ2) is 9.06. The van der Waals surface area contributed by atoms with E-state index in [0.717, 1.165) is 0 Å². The average molecular weight is 208 g/mol. The molecule has 0 spiro atoms. The van der Waals surface area contributed by atoms with Gasteiger partial charge in [-0.15, -0.1) is 0 Å². The third-order valence-corrected chi connectivity index (χ3v) is 0. The van der Waals surface area contributed by atoms with Crippen molar-refractivity contribution in [3.8, 4) is 0 Å². The van der Waals surface area contributed by atoms with E-state index >= 15 is 0 Å². The molecule has 0 saturated heterocycles. The molecule has 0 saturated carbocycles. The maximum absolute atomic E-state index is 8.68. The number of hydrogen-bond donors (Lipinski definition) is 0. The topological polar surface area (TPSA) is 17.1 Å². The molecule has 0 aliphatic carbocycles. The Bertz CT molecular complexity index is 13.5. The van der Waals surface area contributed by atoms with Crippen LogP contribution in [0.4, 0.5) is 0 Å². The molecular formula is C2H3HoO-. The molecule has 4 heavy (non-hydrogen) atoms. The van der Waals surface area contributed by atoms with Crippen molar-refractivity contribution in [1.29, 1.82) is 0 Å². The fourth-order valence-corrected chi connectivity index (χ4v) is 0. The molecule has 0 aromatic carbocycles. The van der Waals surface area contributed by atoms with Gasteiger partial charge >= 0.3 is 0 Å². The summed E-state index contributed by atoms with van der Waals surface area (Å²) >= 11 is 0. The minimum Gasteiger partial charge on any atom is -0.542 e. The van der Waals surface area contributed by atoms with Crippen molar-refractivity contribution < 1.29 is 42.5 Å². The number of carbonyl (C=O) groups excluding carboxylic acids is 1. The molecule has 0 aromatic rings. The van der Waals surface area contributed by atoms with Crippen molar-refractivity contribution in [1.82, 2.24) is 0 Å². The van der Waals surface area contributed by atoms with Gasteiger partial charge in [0.1, 0.15) is 0 Å². The molecule has 0 aromatic heterocycles. The first-order valence-corrected chi connectivity index (χ1v) is 0.704. The van der Waals surface area contributed by atoms with Crippen molar-refractivity contribution in [2.24, 2.45) is 0 Å². The van der Waals surface area contributed by atoms with Gasteiger partial charge in [-0.05, 0) is 0 Å². The zero-order chi connectivity index (χ0) is 2.71. The van der Waals surface area contributed by atoms with Crippen LogP contribution in [0, 0.1) is 37.7 Å². The van der Waals surface area contributed by atoms with Crippen LogP contribution in [0.25, 0.3) is 0 Å². The summed E-state index contributed by atoms with van der Waals surface area (Å²) in [5.41, 5.74) is 0. The maximum Gasteiger partial charge on any atom is 0 e. The van der Waals surface area contributed by atoms with E-state index in [0.29, 0.717) is 0 Å². The van der Waals surface area contributed by atoms with Crippen molar-refractivity contribution in [3.63, 3.8) is 0 Å². The van der Waals surface area contributed by atoms with Gasteiger partial charge in [-0.1, -0.05) is 0 Å². The van der Waals surface area contributed by atoms with Gasteiger partial charge in [-0.25, -0.2) is 0 Å². The first kappa shape index (κ1) is 8.87. The maximum atomic E-state index is 8.68. The van der Waals surface area contributed by atoms with Gasteiger partial charge in [0.25, 0.3) is 0 Å².